The molecule has 2 aliphatic rings. The quantitative estimate of drug-likeness (QED) is 0.601. The van der Waals surface area contributed by atoms with Crippen LogP contribution >= 0.6 is 0 Å². The summed E-state index contributed by atoms with van der Waals surface area (Å²) in [6.07, 6.45) is 6.18. The summed E-state index contributed by atoms with van der Waals surface area (Å²) in [6.45, 7) is 6.16. The summed E-state index contributed by atoms with van der Waals surface area (Å²) in [7, 11) is 3.37. The van der Waals surface area contributed by atoms with Gasteiger partial charge in [-0.2, -0.15) is 0 Å². The van der Waals surface area contributed by atoms with Crippen LogP contribution in [0.1, 0.15) is 67.3 Å². The lowest BCUT2D eigenvalue weighted by Gasteiger charge is -2.42. The number of ether oxygens (including phenoxy) is 2. The predicted octanol–water partition coefficient (Wildman–Crippen LogP) is 5.20. The van der Waals surface area contributed by atoms with E-state index in [1.54, 1.807) is 14.2 Å². The number of benzene rings is 2. The van der Waals surface area contributed by atoms with Crippen molar-refractivity contribution in [1.29, 1.82) is 0 Å². The van der Waals surface area contributed by atoms with Gasteiger partial charge in [-0.25, -0.2) is 0 Å². The zero-order chi connectivity index (χ0) is 23.4. The zero-order valence-corrected chi connectivity index (χ0v) is 20.5. The Morgan fingerprint density at radius 1 is 1.12 bits per heavy atom. The molecule has 0 aromatic heterocycles. The summed E-state index contributed by atoms with van der Waals surface area (Å²) in [5.41, 5.74) is 5.17. The number of aryl methyl sites for hydroxylation is 1. The molecule has 2 unspecified atom stereocenters. The molecule has 0 bridgehead atoms. The van der Waals surface area contributed by atoms with Gasteiger partial charge in [-0.1, -0.05) is 44.0 Å². The third-order valence-electron chi connectivity index (χ3n) is 7.54. The molecule has 1 amide bonds. The highest BCUT2D eigenvalue weighted by Crippen LogP contribution is 2.41. The summed E-state index contributed by atoms with van der Waals surface area (Å²) in [4.78, 5) is 15.7. The molecule has 2 aromatic rings. The summed E-state index contributed by atoms with van der Waals surface area (Å²) in [6, 6.07) is 13.0. The first kappa shape index (κ1) is 23.6. The van der Waals surface area contributed by atoms with Crippen LogP contribution in [0, 0.1) is 12.8 Å². The smallest absolute Gasteiger partial charge is 0.223 e. The highest BCUT2D eigenvalue weighted by Gasteiger charge is 2.36. The molecule has 5 heteroatoms. The van der Waals surface area contributed by atoms with Crippen LogP contribution in [0.3, 0.4) is 0 Å². The lowest BCUT2D eigenvalue weighted by molar-refractivity contribution is -0.126. The van der Waals surface area contributed by atoms with Crippen molar-refractivity contribution in [3.05, 3.63) is 58.7 Å². The molecule has 2 atom stereocenters. The molecule has 1 heterocycles. The standard InChI is InChI=1S/C28H38N2O3/c1-5-24(29-28(31)20-11-8-9-12-20)27-23-17-26(33-4)25(32-3)16-21(23)14-15-30(27)18-22-13-7-6-10-19(22)2/h6-7,10,13,16-17,20,24,27H,5,8-9,11-12,14-15,18H2,1-4H3,(H,29,31). The average Bonchev–Trinajstić information content (AvgIpc) is 3.38. The number of carbonyl (C=O) groups is 1. The molecule has 0 saturated heterocycles. The topological polar surface area (TPSA) is 50.8 Å². The summed E-state index contributed by atoms with van der Waals surface area (Å²) in [5.74, 6) is 1.90. The Labute approximate surface area is 198 Å². The van der Waals surface area contributed by atoms with E-state index in [1.165, 1.54) is 22.3 Å². The fourth-order valence-electron chi connectivity index (χ4n) is 5.58. The van der Waals surface area contributed by atoms with Gasteiger partial charge in [0.1, 0.15) is 0 Å². The molecule has 1 fully saturated rings. The molecular formula is C28H38N2O3. The van der Waals surface area contributed by atoms with Crippen LogP contribution in [0.15, 0.2) is 36.4 Å². The van der Waals surface area contributed by atoms with Crippen molar-refractivity contribution in [1.82, 2.24) is 10.2 Å². The molecule has 33 heavy (non-hydrogen) atoms. The van der Waals surface area contributed by atoms with Crippen LogP contribution in [0.2, 0.25) is 0 Å². The Morgan fingerprint density at radius 2 is 1.82 bits per heavy atom. The second-order valence-electron chi connectivity index (χ2n) is 9.50. The van der Waals surface area contributed by atoms with Gasteiger partial charge in [0, 0.05) is 25.0 Å². The van der Waals surface area contributed by atoms with Crippen LogP contribution in [-0.4, -0.2) is 37.6 Å². The van der Waals surface area contributed by atoms with E-state index in [-0.39, 0.29) is 23.9 Å². The minimum atomic E-state index is 0.0410. The second-order valence-corrected chi connectivity index (χ2v) is 9.50. The first-order chi connectivity index (χ1) is 16.0. The van der Waals surface area contributed by atoms with E-state index in [0.717, 1.165) is 63.1 Å². The molecular weight excluding hydrogens is 412 g/mol. The van der Waals surface area contributed by atoms with E-state index in [1.807, 2.05) is 0 Å². The zero-order valence-electron chi connectivity index (χ0n) is 20.5. The molecule has 0 spiro atoms. The number of nitrogens with zero attached hydrogens (tertiary/aromatic N) is 1. The van der Waals surface area contributed by atoms with Gasteiger partial charge in [0.15, 0.2) is 11.5 Å². The van der Waals surface area contributed by atoms with Gasteiger partial charge < -0.3 is 14.8 Å². The van der Waals surface area contributed by atoms with Crippen molar-refractivity contribution >= 4 is 5.91 Å². The Balaban J connectivity index is 1.70. The maximum Gasteiger partial charge on any atom is 0.223 e. The number of rotatable bonds is 8. The minimum Gasteiger partial charge on any atom is -0.493 e. The number of amides is 1. The first-order valence-electron chi connectivity index (χ1n) is 12.4. The molecule has 1 aliphatic carbocycles. The average molecular weight is 451 g/mol. The molecule has 2 aromatic carbocycles. The first-order valence-corrected chi connectivity index (χ1v) is 12.4. The van der Waals surface area contributed by atoms with E-state index in [4.69, 9.17) is 9.47 Å². The highest BCUT2D eigenvalue weighted by atomic mass is 16.5. The van der Waals surface area contributed by atoms with Crippen molar-refractivity contribution in [3.8, 4) is 11.5 Å². The minimum absolute atomic E-state index is 0.0410. The van der Waals surface area contributed by atoms with Crippen LogP contribution < -0.4 is 14.8 Å². The predicted molar refractivity (Wildman–Crippen MR) is 132 cm³/mol. The molecule has 4 rings (SSSR count). The highest BCUT2D eigenvalue weighted by molar-refractivity contribution is 5.79. The maximum atomic E-state index is 13.1. The van der Waals surface area contributed by atoms with E-state index in [0.29, 0.717) is 0 Å². The number of carbonyl (C=O) groups excluding carboxylic acids is 1. The second kappa shape index (κ2) is 10.6. The third-order valence-corrected chi connectivity index (χ3v) is 7.54. The summed E-state index contributed by atoms with van der Waals surface area (Å²) < 4.78 is 11.3. The summed E-state index contributed by atoms with van der Waals surface area (Å²) in [5, 5.41) is 3.46. The molecule has 178 valence electrons. The molecule has 1 N–H and O–H groups in total. The van der Waals surface area contributed by atoms with Gasteiger partial charge in [0.2, 0.25) is 5.91 Å². The molecule has 1 saturated carbocycles. The van der Waals surface area contributed by atoms with E-state index < -0.39 is 0 Å². The number of nitrogens with one attached hydrogen (secondary N) is 1. The lowest BCUT2D eigenvalue weighted by Crippen LogP contribution is -2.49. The maximum absolute atomic E-state index is 13.1. The van der Waals surface area contributed by atoms with Gasteiger partial charge in [-0.15, -0.1) is 0 Å². The van der Waals surface area contributed by atoms with Crippen molar-refractivity contribution in [2.75, 3.05) is 20.8 Å². The Hall–Kier alpha value is -2.53. The molecule has 1 aliphatic heterocycles. The van der Waals surface area contributed by atoms with E-state index >= 15 is 0 Å². The fraction of sp³-hybridized carbons (Fsp3) is 0.536. The van der Waals surface area contributed by atoms with Gasteiger partial charge in [0.25, 0.3) is 0 Å². The third kappa shape index (κ3) is 5.03. The normalized spacial score (nSPS) is 19.7. The Bertz CT molecular complexity index is 968. The number of hydrogen-bond donors (Lipinski definition) is 1. The Morgan fingerprint density at radius 3 is 2.48 bits per heavy atom. The number of hydrogen-bond acceptors (Lipinski definition) is 4. The fourth-order valence-corrected chi connectivity index (χ4v) is 5.58. The van der Waals surface area contributed by atoms with Crippen LogP contribution in [0.5, 0.6) is 11.5 Å². The van der Waals surface area contributed by atoms with Crippen LogP contribution in [-0.2, 0) is 17.8 Å². The monoisotopic (exact) mass is 450 g/mol. The van der Waals surface area contributed by atoms with Crippen molar-refractivity contribution in [2.45, 2.75) is 71.0 Å². The SMILES string of the molecule is CCC(NC(=O)C1CCCC1)C1c2cc(OC)c(OC)cc2CCN1Cc1ccccc1C. The van der Waals surface area contributed by atoms with E-state index in [9.17, 15) is 4.79 Å². The number of fused-ring (bicyclic) bond motifs is 1. The van der Waals surface area contributed by atoms with E-state index in [2.05, 4.69) is 60.5 Å². The molecule has 0 radical (unpaired) electrons. The van der Waals surface area contributed by atoms with Gasteiger partial charge in [-0.3, -0.25) is 9.69 Å². The lowest BCUT2D eigenvalue weighted by atomic mass is 9.85. The van der Waals surface area contributed by atoms with Gasteiger partial charge in [0.05, 0.1) is 20.3 Å². The van der Waals surface area contributed by atoms with Crippen molar-refractivity contribution < 1.29 is 14.3 Å². The van der Waals surface area contributed by atoms with Crippen LogP contribution in [0.25, 0.3) is 0 Å². The van der Waals surface area contributed by atoms with Crippen molar-refractivity contribution in [2.24, 2.45) is 5.92 Å². The largest absolute Gasteiger partial charge is 0.493 e. The van der Waals surface area contributed by atoms with Gasteiger partial charge in [-0.05, 0) is 67.0 Å². The van der Waals surface area contributed by atoms with Crippen molar-refractivity contribution in [3.63, 3.8) is 0 Å². The number of methoxy groups -OCH3 is 2. The molecule has 5 nitrogen and oxygen atoms in total. The van der Waals surface area contributed by atoms with Gasteiger partial charge >= 0.3 is 0 Å². The Kier molecular flexibility index (Phi) is 7.59. The summed E-state index contributed by atoms with van der Waals surface area (Å²) >= 11 is 0. The van der Waals surface area contributed by atoms with Crippen LogP contribution in [0.4, 0.5) is 0 Å².